The quantitative estimate of drug-likeness (QED) is 0.629. The average Bonchev–Trinajstić information content (AvgIpc) is 3.14. The van der Waals surface area contributed by atoms with Crippen molar-refractivity contribution in [3.63, 3.8) is 0 Å². The summed E-state index contributed by atoms with van der Waals surface area (Å²) in [5.41, 5.74) is -0.826. The molecule has 0 unspecified atom stereocenters. The monoisotopic (exact) mass is 403 g/mol. The molecule has 0 atom stereocenters. The van der Waals surface area contributed by atoms with E-state index in [2.05, 4.69) is 25.6 Å². The Morgan fingerprint density at radius 2 is 2.00 bits per heavy atom. The van der Waals surface area contributed by atoms with Crippen LogP contribution >= 0.6 is 22.7 Å². The number of alkyl halides is 3. The molecule has 3 rings (SSSR count). The van der Waals surface area contributed by atoms with E-state index in [4.69, 9.17) is 0 Å². The molecule has 0 aliphatic carbocycles. The smallest absolute Gasteiger partial charge is 0.344 e. The predicted octanol–water partition coefficient (Wildman–Crippen LogP) is 4.46. The Labute approximate surface area is 152 Å². The molecule has 0 aliphatic heterocycles. The van der Waals surface area contributed by atoms with Crippen LogP contribution in [0, 0.1) is 12.7 Å². The van der Waals surface area contributed by atoms with Gasteiger partial charge in [-0.25, -0.2) is 14.4 Å². The topological polar surface area (TPSA) is 79.8 Å². The van der Waals surface area contributed by atoms with Crippen LogP contribution < -0.4 is 10.6 Å². The van der Waals surface area contributed by atoms with Gasteiger partial charge < -0.3 is 5.32 Å². The molecule has 26 heavy (non-hydrogen) atoms. The number of amides is 1. The van der Waals surface area contributed by atoms with Gasteiger partial charge in [0.1, 0.15) is 10.8 Å². The van der Waals surface area contributed by atoms with E-state index in [9.17, 15) is 22.4 Å². The van der Waals surface area contributed by atoms with Crippen molar-refractivity contribution in [2.24, 2.45) is 0 Å². The Morgan fingerprint density at radius 1 is 1.23 bits per heavy atom. The first-order valence-corrected chi connectivity index (χ1v) is 8.61. The largest absolute Gasteiger partial charge is 0.434 e. The van der Waals surface area contributed by atoms with E-state index in [-0.39, 0.29) is 10.8 Å². The summed E-state index contributed by atoms with van der Waals surface area (Å²) in [6.45, 7) is 1.65. The number of pyridine rings is 1. The Bertz CT molecular complexity index is 953. The molecule has 136 valence electrons. The molecule has 0 aromatic carbocycles. The van der Waals surface area contributed by atoms with Crippen LogP contribution in [-0.2, 0) is 6.18 Å². The van der Waals surface area contributed by atoms with Crippen LogP contribution in [-0.4, -0.2) is 20.9 Å². The summed E-state index contributed by atoms with van der Waals surface area (Å²) in [5.74, 6) is -1.30. The summed E-state index contributed by atoms with van der Waals surface area (Å²) >= 11 is 1.78. The second-order valence-corrected chi connectivity index (χ2v) is 6.98. The van der Waals surface area contributed by atoms with Crippen molar-refractivity contribution in [2.45, 2.75) is 13.1 Å². The summed E-state index contributed by atoms with van der Waals surface area (Å²) in [4.78, 5) is 23.4. The van der Waals surface area contributed by atoms with Crippen molar-refractivity contribution >= 4 is 44.4 Å². The van der Waals surface area contributed by atoms with Gasteiger partial charge in [-0.05, 0) is 6.92 Å². The average molecular weight is 403 g/mol. The normalized spacial score (nSPS) is 11.4. The molecule has 12 heteroatoms. The zero-order valence-corrected chi connectivity index (χ0v) is 14.5. The van der Waals surface area contributed by atoms with Gasteiger partial charge in [0.2, 0.25) is 0 Å². The molecule has 0 saturated carbocycles. The van der Waals surface area contributed by atoms with E-state index in [1.54, 1.807) is 6.92 Å². The first kappa shape index (κ1) is 18.2. The molecule has 0 fully saturated rings. The number of carbonyl (C=O) groups excluding carboxylic acids is 1. The lowest BCUT2D eigenvalue weighted by Crippen LogP contribution is -2.14. The Kier molecular flexibility index (Phi) is 4.87. The minimum absolute atomic E-state index is 0.0412. The van der Waals surface area contributed by atoms with Gasteiger partial charge in [0.15, 0.2) is 16.5 Å². The van der Waals surface area contributed by atoms with Crippen molar-refractivity contribution in [3.05, 3.63) is 46.1 Å². The lowest BCUT2D eigenvalue weighted by molar-refractivity contribution is -0.140. The third-order valence-corrected chi connectivity index (χ3v) is 4.57. The number of nitrogens with one attached hydrogen (secondary N) is 2. The fourth-order valence-corrected chi connectivity index (χ4v) is 3.44. The molecule has 6 nitrogen and oxygen atoms in total. The van der Waals surface area contributed by atoms with Crippen LogP contribution in [0.1, 0.15) is 21.2 Å². The third-order valence-electron chi connectivity index (χ3n) is 2.93. The zero-order valence-electron chi connectivity index (χ0n) is 12.9. The van der Waals surface area contributed by atoms with Gasteiger partial charge in [-0.2, -0.15) is 13.2 Å². The maximum Gasteiger partial charge on any atom is 0.434 e. The van der Waals surface area contributed by atoms with E-state index in [1.165, 1.54) is 12.3 Å². The van der Waals surface area contributed by atoms with Crippen LogP contribution in [0.2, 0.25) is 0 Å². The lowest BCUT2D eigenvalue weighted by Gasteiger charge is -2.06. The summed E-state index contributed by atoms with van der Waals surface area (Å²) in [5, 5.41) is 6.56. The lowest BCUT2D eigenvalue weighted by atomic mass is 10.3. The Balaban J connectivity index is 1.80. The molecule has 3 heterocycles. The summed E-state index contributed by atoms with van der Waals surface area (Å²) in [7, 11) is 0. The third kappa shape index (κ3) is 4.14. The number of aryl methyl sites for hydroxylation is 1. The van der Waals surface area contributed by atoms with Crippen LogP contribution in [0.5, 0.6) is 0 Å². The first-order chi connectivity index (χ1) is 12.2. The van der Waals surface area contributed by atoms with E-state index in [1.807, 2.05) is 0 Å². The Hall–Kier alpha value is -2.60. The van der Waals surface area contributed by atoms with Gasteiger partial charge in [-0.1, -0.05) is 0 Å². The maximum atomic E-state index is 13.2. The van der Waals surface area contributed by atoms with Gasteiger partial charge in [-0.3, -0.25) is 15.1 Å². The van der Waals surface area contributed by atoms with Crippen LogP contribution in [0.15, 0.2) is 23.8 Å². The molecule has 0 spiro atoms. The fraction of sp³-hybridized carbons (Fsp3) is 0.143. The number of rotatable bonds is 4. The Morgan fingerprint density at radius 3 is 2.65 bits per heavy atom. The number of aromatic nitrogens is 3. The van der Waals surface area contributed by atoms with E-state index in [0.717, 1.165) is 22.9 Å². The number of hydrogen-bond donors (Lipinski definition) is 2. The first-order valence-electron chi connectivity index (χ1n) is 6.91. The number of thiazole rings is 2. The number of carbonyl (C=O) groups is 1. The molecule has 3 aromatic heterocycles. The number of halogens is 4. The number of hydrogen-bond acceptors (Lipinski definition) is 7. The summed E-state index contributed by atoms with van der Waals surface area (Å²) in [6, 6.07) is 1.18. The highest BCUT2D eigenvalue weighted by Crippen LogP contribution is 2.32. The minimum Gasteiger partial charge on any atom is -0.344 e. The molecule has 0 aliphatic rings. The van der Waals surface area contributed by atoms with Crippen LogP contribution in [0.4, 0.5) is 33.4 Å². The van der Waals surface area contributed by atoms with Crippen molar-refractivity contribution in [3.8, 4) is 0 Å². The van der Waals surface area contributed by atoms with Crippen LogP contribution in [0.3, 0.4) is 0 Å². The standard InChI is InChI=1S/C14H9F4N5OS2/c1-6-20-10(12(26-6)21-8-2-7(15)3-19-4-8)11(24)23-13-22-9(5-25-13)14(16,17)18/h2-5,21H,1H3,(H,22,23,24). The second kappa shape index (κ2) is 6.96. The highest BCUT2D eigenvalue weighted by atomic mass is 32.1. The molecule has 2 N–H and O–H groups in total. The molecule has 3 aromatic rings. The molecule has 0 bridgehead atoms. The second-order valence-electron chi connectivity index (χ2n) is 4.92. The molecule has 1 amide bonds. The zero-order chi connectivity index (χ0) is 18.9. The van der Waals surface area contributed by atoms with Crippen molar-refractivity contribution in [1.29, 1.82) is 0 Å². The molecule has 0 radical (unpaired) electrons. The SMILES string of the molecule is Cc1nc(C(=O)Nc2nc(C(F)(F)F)cs2)c(Nc2cncc(F)c2)s1. The fourth-order valence-electron chi connectivity index (χ4n) is 1.89. The predicted molar refractivity (Wildman–Crippen MR) is 89.4 cm³/mol. The van der Waals surface area contributed by atoms with Crippen molar-refractivity contribution in [1.82, 2.24) is 15.0 Å². The van der Waals surface area contributed by atoms with Gasteiger partial charge in [0, 0.05) is 11.4 Å². The molecule has 0 saturated heterocycles. The number of nitrogens with zero attached hydrogens (tertiary/aromatic N) is 3. The van der Waals surface area contributed by atoms with E-state index in [0.29, 0.717) is 27.0 Å². The van der Waals surface area contributed by atoms with Crippen LogP contribution in [0.25, 0.3) is 0 Å². The minimum atomic E-state index is -4.59. The van der Waals surface area contributed by atoms with Gasteiger partial charge in [-0.15, -0.1) is 22.7 Å². The highest BCUT2D eigenvalue weighted by Gasteiger charge is 2.34. The van der Waals surface area contributed by atoms with E-state index < -0.39 is 23.6 Å². The van der Waals surface area contributed by atoms with Gasteiger partial charge >= 0.3 is 6.18 Å². The van der Waals surface area contributed by atoms with Gasteiger partial charge in [0.25, 0.3) is 5.91 Å². The van der Waals surface area contributed by atoms with Gasteiger partial charge in [0.05, 0.1) is 23.1 Å². The van der Waals surface area contributed by atoms with E-state index >= 15 is 0 Å². The maximum absolute atomic E-state index is 13.2. The highest BCUT2D eigenvalue weighted by molar-refractivity contribution is 7.16. The summed E-state index contributed by atoms with van der Waals surface area (Å²) in [6.07, 6.45) is -2.21. The molecular weight excluding hydrogens is 394 g/mol. The number of anilines is 3. The van der Waals surface area contributed by atoms with Crippen molar-refractivity contribution < 1.29 is 22.4 Å². The molecular formula is C14H9F4N5OS2. The van der Waals surface area contributed by atoms with Crippen molar-refractivity contribution in [2.75, 3.05) is 10.6 Å². The summed E-state index contributed by atoms with van der Waals surface area (Å²) < 4.78 is 51.0.